The highest BCUT2D eigenvalue weighted by molar-refractivity contribution is 9.11. The second-order valence-electron chi connectivity index (χ2n) is 4.38. The maximum Gasteiger partial charge on any atom is 0.0294 e. The van der Waals surface area contributed by atoms with Crippen molar-refractivity contribution in [1.82, 2.24) is 4.90 Å². The summed E-state index contributed by atoms with van der Waals surface area (Å²) >= 11 is 3.41. The number of hydrogen-bond donors (Lipinski definition) is 1. The predicted octanol–water partition coefficient (Wildman–Crippen LogP) is 1.56. The number of nitrogens with two attached hydrogens (primary N) is 1. The van der Waals surface area contributed by atoms with Crippen LogP contribution in [-0.2, 0) is 0 Å². The highest BCUT2D eigenvalue weighted by Gasteiger charge is 2.40. The number of halogens is 1. The first-order valence-corrected chi connectivity index (χ1v) is 5.77. The van der Waals surface area contributed by atoms with E-state index in [1.165, 1.54) is 25.9 Å². The summed E-state index contributed by atoms with van der Waals surface area (Å²) in [4.78, 5) is 2.46. The van der Waals surface area contributed by atoms with Gasteiger partial charge in [0, 0.05) is 30.2 Å². The van der Waals surface area contributed by atoms with E-state index in [-0.39, 0.29) is 0 Å². The van der Waals surface area contributed by atoms with Crippen molar-refractivity contribution in [2.45, 2.75) is 18.9 Å². The maximum absolute atomic E-state index is 6.05. The van der Waals surface area contributed by atoms with Crippen LogP contribution >= 0.6 is 15.9 Å². The fourth-order valence-corrected chi connectivity index (χ4v) is 3.13. The van der Waals surface area contributed by atoms with Crippen LogP contribution in [0.5, 0.6) is 0 Å². The molecule has 0 radical (unpaired) electrons. The number of rotatable bonds is 2. The van der Waals surface area contributed by atoms with Crippen LogP contribution in [0.3, 0.4) is 0 Å². The van der Waals surface area contributed by atoms with Crippen molar-refractivity contribution in [3.63, 3.8) is 0 Å². The Morgan fingerprint density at radius 3 is 2.85 bits per heavy atom. The zero-order valence-electron chi connectivity index (χ0n) is 7.88. The summed E-state index contributed by atoms with van der Waals surface area (Å²) in [6.45, 7) is 7.26. The molecular weight excluding hydrogens is 228 g/mol. The van der Waals surface area contributed by atoms with Crippen molar-refractivity contribution in [3.8, 4) is 0 Å². The van der Waals surface area contributed by atoms with Crippen LogP contribution in [0.15, 0.2) is 11.1 Å². The van der Waals surface area contributed by atoms with E-state index in [1.807, 2.05) is 0 Å². The van der Waals surface area contributed by atoms with Crippen LogP contribution in [-0.4, -0.2) is 30.6 Å². The molecule has 0 aromatic rings. The third-order valence-electron chi connectivity index (χ3n) is 3.38. The Morgan fingerprint density at radius 2 is 2.23 bits per heavy atom. The number of hydrogen-bond acceptors (Lipinski definition) is 2. The van der Waals surface area contributed by atoms with E-state index in [9.17, 15) is 0 Å². The molecule has 2 nitrogen and oxygen atoms in total. The van der Waals surface area contributed by atoms with Gasteiger partial charge >= 0.3 is 0 Å². The van der Waals surface area contributed by atoms with Gasteiger partial charge in [-0.25, -0.2) is 0 Å². The van der Waals surface area contributed by atoms with Gasteiger partial charge < -0.3 is 5.73 Å². The molecule has 13 heavy (non-hydrogen) atoms. The molecule has 74 valence electrons. The first-order valence-electron chi connectivity index (χ1n) is 4.98. The lowest BCUT2D eigenvalue weighted by atomic mass is 9.98. The Bertz CT molecular complexity index is 217. The molecule has 3 unspecified atom stereocenters. The Balaban J connectivity index is 1.91. The molecule has 2 aliphatic rings. The van der Waals surface area contributed by atoms with Gasteiger partial charge in [0.05, 0.1) is 0 Å². The third-order valence-corrected chi connectivity index (χ3v) is 3.63. The molecule has 1 aliphatic carbocycles. The van der Waals surface area contributed by atoms with Gasteiger partial charge in [0.1, 0.15) is 0 Å². The summed E-state index contributed by atoms with van der Waals surface area (Å²) in [5.41, 5.74) is 6.05. The van der Waals surface area contributed by atoms with Gasteiger partial charge in [-0.1, -0.05) is 22.5 Å². The predicted molar refractivity (Wildman–Crippen MR) is 58.7 cm³/mol. The van der Waals surface area contributed by atoms with E-state index in [4.69, 9.17) is 5.73 Å². The van der Waals surface area contributed by atoms with Gasteiger partial charge in [0.25, 0.3) is 0 Å². The summed E-state index contributed by atoms with van der Waals surface area (Å²) in [5.74, 6) is 1.62. The molecule has 1 saturated heterocycles. The second kappa shape index (κ2) is 3.71. The number of likely N-dealkylation sites (tertiary alicyclic amines) is 1. The van der Waals surface area contributed by atoms with E-state index >= 15 is 0 Å². The molecule has 1 heterocycles. The van der Waals surface area contributed by atoms with Crippen molar-refractivity contribution in [1.29, 1.82) is 0 Å². The molecule has 2 rings (SSSR count). The zero-order chi connectivity index (χ0) is 9.42. The summed E-state index contributed by atoms with van der Waals surface area (Å²) < 4.78 is 1.08. The summed E-state index contributed by atoms with van der Waals surface area (Å²) in [7, 11) is 0. The van der Waals surface area contributed by atoms with Gasteiger partial charge in [-0.15, -0.1) is 0 Å². The van der Waals surface area contributed by atoms with Crippen molar-refractivity contribution in [3.05, 3.63) is 11.1 Å². The largest absolute Gasteiger partial charge is 0.327 e. The molecule has 0 spiro atoms. The smallest absolute Gasteiger partial charge is 0.0294 e. The molecule has 2 fully saturated rings. The minimum atomic E-state index is 0.457. The van der Waals surface area contributed by atoms with Crippen LogP contribution in [0.2, 0.25) is 0 Å². The lowest BCUT2D eigenvalue weighted by Gasteiger charge is -2.17. The first kappa shape index (κ1) is 9.69. The standard InChI is InChI=1S/C10H17BrN2/c1-7(11)4-13-5-8-2-3-10(12)9(8)6-13/h8-10H,1-6,12H2. The van der Waals surface area contributed by atoms with E-state index in [0.29, 0.717) is 6.04 Å². The zero-order valence-corrected chi connectivity index (χ0v) is 9.46. The lowest BCUT2D eigenvalue weighted by Crippen LogP contribution is -2.30. The topological polar surface area (TPSA) is 29.3 Å². The molecule has 3 atom stereocenters. The molecule has 1 saturated carbocycles. The van der Waals surface area contributed by atoms with Gasteiger partial charge in [-0.2, -0.15) is 0 Å². The minimum Gasteiger partial charge on any atom is -0.327 e. The summed E-state index contributed by atoms with van der Waals surface area (Å²) in [6.07, 6.45) is 2.57. The number of nitrogens with zero attached hydrogens (tertiary/aromatic N) is 1. The average molecular weight is 245 g/mol. The van der Waals surface area contributed by atoms with Crippen molar-refractivity contribution < 1.29 is 0 Å². The fraction of sp³-hybridized carbons (Fsp3) is 0.800. The molecule has 3 heteroatoms. The highest BCUT2D eigenvalue weighted by Crippen LogP contribution is 2.37. The van der Waals surface area contributed by atoms with Crippen LogP contribution in [0.25, 0.3) is 0 Å². The summed E-state index contributed by atoms with van der Waals surface area (Å²) in [6, 6.07) is 0.457. The Morgan fingerprint density at radius 1 is 1.46 bits per heavy atom. The van der Waals surface area contributed by atoms with E-state index in [1.54, 1.807) is 0 Å². The lowest BCUT2D eigenvalue weighted by molar-refractivity contribution is 0.335. The molecule has 0 amide bonds. The Kier molecular flexibility index (Phi) is 2.77. The molecule has 0 aromatic heterocycles. The van der Waals surface area contributed by atoms with Crippen LogP contribution < -0.4 is 5.73 Å². The van der Waals surface area contributed by atoms with Gasteiger partial charge in [0.2, 0.25) is 0 Å². The maximum atomic E-state index is 6.05. The van der Waals surface area contributed by atoms with E-state index in [0.717, 1.165) is 22.9 Å². The SMILES string of the molecule is C=C(Br)CN1CC2CCC(N)C2C1. The molecular formula is C10H17BrN2. The minimum absolute atomic E-state index is 0.457. The average Bonchev–Trinajstić information content (AvgIpc) is 2.53. The summed E-state index contributed by atoms with van der Waals surface area (Å²) in [5, 5.41) is 0. The van der Waals surface area contributed by atoms with Crippen LogP contribution in [0, 0.1) is 11.8 Å². The van der Waals surface area contributed by atoms with E-state index in [2.05, 4.69) is 27.4 Å². The molecule has 0 bridgehead atoms. The quantitative estimate of drug-likeness (QED) is 0.800. The third kappa shape index (κ3) is 1.97. The fourth-order valence-electron chi connectivity index (χ4n) is 2.77. The first-order chi connectivity index (χ1) is 6.16. The second-order valence-corrected chi connectivity index (χ2v) is 5.50. The van der Waals surface area contributed by atoms with Gasteiger partial charge in [-0.3, -0.25) is 4.90 Å². The normalized spacial score (nSPS) is 39.4. The monoisotopic (exact) mass is 244 g/mol. The molecule has 1 aliphatic heterocycles. The van der Waals surface area contributed by atoms with Gasteiger partial charge in [0.15, 0.2) is 0 Å². The van der Waals surface area contributed by atoms with E-state index < -0.39 is 0 Å². The highest BCUT2D eigenvalue weighted by atomic mass is 79.9. The van der Waals surface area contributed by atoms with Gasteiger partial charge in [-0.05, 0) is 24.7 Å². The van der Waals surface area contributed by atoms with Crippen LogP contribution in [0.1, 0.15) is 12.8 Å². The number of fused-ring (bicyclic) bond motifs is 1. The van der Waals surface area contributed by atoms with Crippen molar-refractivity contribution in [2.24, 2.45) is 17.6 Å². The van der Waals surface area contributed by atoms with Crippen LogP contribution in [0.4, 0.5) is 0 Å². The van der Waals surface area contributed by atoms with Crippen molar-refractivity contribution in [2.75, 3.05) is 19.6 Å². The van der Waals surface area contributed by atoms with Crippen molar-refractivity contribution >= 4 is 15.9 Å². The molecule has 2 N–H and O–H groups in total. The molecule has 0 aromatic carbocycles. The Hall–Kier alpha value is 0.140. The Labute approximate surface area is 88.3 Å².